The second-order valence-electron chi connectivity index (χ2n) is 7.93. The van der Waals surface area contributed by atoms with Crippen molar-refractivity contribution in [3.63, 3.8) is 0 Å². The summed E-state index contributed by atoms with van der Waals surface area (Å²) in [5, 5.41) is 7.28. The maximum absolute atomic E-state index is 13.4. The first-order valence-corrected chi connectivity index (χ1v) is 11.5. The van der Waals surface area contributed by atoms with Crippen LogP contribution in [0, 0.1) is 11.7 Å². The lowest BCUT2D eigenvalue weighted by atomic mass is 9.96. The lowest BCUT2D eigenvalue weighted by molar-refractivity contribution is -0.120. The molecule has 1 aromatic heterocycles. The van der Waals surface area contributed by atoms with Crippen LogP contribution < -0.4 is 15.5 Å². The van der Waals surface area contributed by atoms with Gasteiger partial charge in [0.25, 0.3) is 0 Å². The van der Waals surface area contributed by atoms with Gasteiger partial charge in [-0.1, -0.05) is 29.5 Å². The van der Waals surface area contributed by atoms with E-state index in [0.29, 0.717) is 0 Å². The van der Waals surface area contributed by atoms with Gasteiger partial charge in [0.2, 0.25) is 5.91 Å². The number of amides is 1. The quantitative estimate of drug-likeness (QED) is 0.393. The van der Waals surface area contributed by atoms with E-state index in [1.54, 1.807) is 6.07 Å². The normalized spacial score (nSPS) is 14.5. The highest BCUT2D eigenvalue weighted by atomic mass is 32.1. The van der Waals surface area contributed by atoms with Gasteiger partial charge in [-0.2, -0.15) is 0 Å². The molecule has 4 aromatic rings. The van der Waals surface area contributed by atoms with Crippen LogP contribution in [0.4, 0.5) is 26.6 Å². The van der Waals surface area contributed by atoms with Gasteiger partial charge in [-0.15, -0.1) is 0 Å². The summed E-state index contributed by atoms with van der Waals surface area (Å²) in [5.74, 6) is -0.216. The molecule has 1 amide bonds. The first kappa shape index (κ1) is 20.5. The SMILES string of the molecule is O=C(Nc1ccc(Nc2ccccc2)cc1)C1CCN(c2nc3ccc(F)cc3s2)CC1. The lowest BCUT2D eigenvalue weighted by Crippen LogP contribution is -2.38. The van der Waals surface area contributed by atoms with Crippen molar-refractivity contribution in [1.29, 1.82) is 0 Å². The molecule has 0 radical (unpaired) electrons. The average molecular weight is 447 g/mol. The Labute approximate surface area is 189 Å². The zero-order valence-electron chi connectivity index (χ0n) is 17.4. The van der Waals surface area contributed by atoms with E-state index in [1.807, 2.05) is 54.6 Å². The second kappa shape index (κ2) is 8.96. The first-order valence-electron chi connectivity index (χ1n) is 10.7. The third-order valence-electron chi connectivity index (χ3n) is 5.69. The van der Waals surface area contributed by atoms with Crippen molar-refractivity contribution in [1.82, 2.24) is 4.98 Å². The predicted octanol–water partition coefficient (Wildman–Crippen LogP) is 6.03. The summed E-state index contributed by atoms with van der Waals surface area (Å²) in [6.45, 7) is 1.53. The number of para-hydroxylation sites is 1. The molecule has 32 heavy (non-hydrogen) atoms. The molecule has 0 unspecified atom stereocenters. The zero-order chi connectivity index (χ0) is 21.9. The largest absolute Gasteiger partial charge is 0.356 e. The number of hydrogen-bond acceptors (Lipinski definition) is 5. The second-order valence-corrected chi connectivity index (χ2v) is 8.94. The standard InChI is InChI=1S/C25H23FN4OS/c26-18-6-11-22-23(16-18)32-25(29-22)30-14-12-17(13-15-30)24(31)28-21-9-7-20(8-10-21)27-19-4-2-1-3-5-19/h1-11,16-17,27H,12-15H2,(H,28,31). The predicted molar refractivity (Wildman–Crippen MR) is 129 cm³/mol. The molecule has 7 heteroatoms. The number of fused-ring (bicyclic) bond motifs is 1. The van der Waals surface area contributed by atoms with Crippen LogP contribution >= 0.6 is 11.3 Å². The number of anilines is 4. The highest BCUT2D eigenvalue weighted by Crippen LogP contribution is 2.32. The van der Waals surface area contributed by atoms with Crippen LogP contribution in [0.15, 0.2) is 72.8 Å². The Morgan fingerprint density at radius 3 is 2.38 bits per heavy atom. The number of nitrogens with one attached hydrogen (secondary N) is 2. The fourth-order valence-corrected chi connectivity index (χ4v) is 4.97. The summed E-state index contributed by atoms with van der Waals surface area (Å²) in [6, 6.07) is 22.4. The molecule has 0 atom stereocenters. The van der Waals surface area contributed by atoms with Crippen molar-refractivity contribution in [3.8, 4) is 0 Å². The van der Waals surface area contributed by atoms with E-state index in [1.165, 1.54) is 23.5 Å². The van der Waals surface area contributed by atoms with Gasteiger partial charge in [-0.25, -0.2) is 9.37 Å². The van der Waals surface area contributed by atoms with Gasteiger partial charge in [-0.3, -0.25) is 4.79 Å². The number of rotatable bonds is 5. The summed E-state index contributed by atoms with van der Waals surface area (Å²) in [6.07, 6.45) is 1.54. The Balaban J connectivity index is 1.15. The van der Waals surface area contributed by atoms with Gasteiger partial charge < -0.3 is 15.5 Å². The number of carbonyl (C=O) groups is 1. The molecule has 2 N–H and O–H groups in total. The van der Waals surface area contributed by atoms with E-state index in [0.717, 1.165) is 58.3 Å². The Kier molecular flexibility index (Phi) is 5.73. The topological polar surface area (TPSA) is 57.3 Å². The summed E-state index contributed by atoms with van der Waals surface area (Å²) < 4.78 is 14.3. The molecule has 3 aromatic carbocycles. The van der Waals surface area contributed by atoms with E-state index < -0.39 is 0 Å². The average Bonchev–Trinajstić information content (AvgIpc) is 3.24. The monoisotopic (exact) mass is 446 g/mol. The van der Waals surface area contributed by atoms with E-state index in [2.05, 4.69) is 20.5 Å². The van der Waals surface area contributed by atoms with Crippen LogP contribution in [0.25, 0.3) is 10.2 Å². The van der Waals surface area contributed by atoms with Crippen LogP contribution in [0.2, 0.25) is 0 Å². The summed E-state index contributed by atoms with van der Waals surface area (Å²) in [7, 11) is 0. The van der Waals surface area contributed by atoms with E-state index in [9.17, 15) is 9.18 Å². The minimum absolute atomic E-state index is 0.0276. The molecular formula is C25H23FN4OS. The zero-order valence-corrected chi connectivity index (χ0v) is 18.2. The number of carbonyl (C=O) groups excluding carboxylic acids is 1. The van der Waals surface area contributed by atoms with E-state index in [4.69, 9.17) is 0 Å². The maximum Gasteiger partial charge on any atom is 0.227 e. The minimum atomic E-state index is -0.244. The number of aromatic nitrogens is 1. The smallest absolute Gasteiger partial charge is 0.227 e. The molecular weight excluding hydrogens is 423 g/mol. The molecule has 0 saturated carbocycles. The molecule has 162 valence electrons. The van der Waals surface area contributed by atoms with Crippen molar-refractivity contribution >= 4 is 49.7 Å². The molecule has 1 fully saturated rings. The fourth-order valence-electron chi connectivity index (χ4n) is 3.92. The van der Waals surface area contributed by atoms with Crippen LogP contribution in [0.5, 0.6) is 0 Å². The third-order valence-corrected chi connectivity index (χ3v) is 6.77. The van der Waals surface area contributed by atoms with Crippen molar-refractivity contribution in [2.75, 3.05) is 28.6 Å². The molecule has 0 spiro atoms. The Morgan fingerprint density at radius 2 is 1.62 bits per heavy atom. The van der Waals surface area contributed by atoms with E-state index >= 15 is 0 Å². The molecule has 5 rings (SSSR count). The molecule has 0 aliphatic carbocycles. The van der Waals surface area contributed by atoms with Gasteiger partial charge in [0, 0.05) is 36.1 Å². The number of piperidine rings is 1. The van der Waals surface area contributed by atoms with E-state index in [-0.39, 0.29) is 17.6 Å². The van der Waals surface area contributed by atoms with Gasteiger partial charge in [0.05, 0.1) is 10.2 Å². The summed E-state index contributed by atoms with van der Waals surface area (Å²) >= 11 is 1.50. The molecule has 1 saturated heterocycles. The van der Waals surface area contributed by atoms with Crippen LogP contribution in [-0.4, -0.2) is 24.0 Å². The molecule has 1 aliphatic rings. The number of nitrogens with zero attached hydrogens (tertiary/aromatic N) is 2. The Morgan fingerprint density at radius 1 is 0.938 bits per heavy atom. The van der Waals surface area contributed by atoms with Crippen molar-refractivity contribution in [3.05, 3.63) is 78.6 Å². The molecule has 2 heterocycles. The van der Waals surface area contributed by atoms with Crippen molar-refractivity contribution in [2.24, 2.45) is 5.92 Å². The summed E-state index contributed by atoms with van der Waals surface area (Å²) in [5.41, 5.74) is 3.60. The highest BCUT2D eigenvalue weighted by molar-refractivity contribution is 7.22. The fraction of sp³-hybridized carbons (Fsp3) is 0.200. The van der Waals surface area contributed by atoms with Crippen molar-refractivity contribution in [2.45, 2.75) is 12.8 Å². The lowest BCUT2D eigenvalue weighted by Gasteiger charge is -2.31. The molecule has 5 nitrogen and oxygen atoms in total. The van der Waals surface area contributed by atoms with Gasteiger partial charge in [0.1, 0.15) is 5.82 Å². The maximum atomic E-state index is 13.4. The number of benzene rings is 3. The number of thiazole rings is 1. The van der Waals surface area contributed by atoms with Crippen LogP contribution in [-0.2, 0) is 4.79 Å². The van der Waals surface area contributed by atoms with Gasteiger partial charge in [0.15, 0.2) is 5.13 Å². The third kappa shape index (κ3) is 4.57. The van der Waals surface area contributed by atoms with Crippen LogP contribution in [0.3, 0.4) is 0 Å². The van der Waals surface area contributed by atoms with Gasteiger partial charge in [-0.05, 0) is 67.4 Å². The number of hydrogen-bond donors (Lipinski definition) is 2. The molecule has 1 aliphatic heterocycles. The van der Waals surface area contributed by atoms with Crippen molar-refractivity contribution < 1.29 is 9.18 Å². The molecule has 0 bridgehead atoms. The first-order chi connectivity index (χ1) is 15.6. The van der Waals surface area contributed by atoms with Crippen LogP contribution in [0.1, 0.15) is 12.8 Å². The Hall–Kier alpha value is -3.45. The highest BCUT2D eigenvalue weighted by Gasteiger charge is 2.26. The number of halogens is 1. The Bertz CT molecular complexity index is 1220. The minimum Gasteiger partial charge on any atom is -0.356 e. The summed E-state index contributed by atoms with van der Waals surface area (Å²) in [4.78, 5) is 19.6. The van der Waals surface area contributed by atoms with Gasteiger partial charge >= 0.3 is 0 Å².